The molecule has 2 amide bonds. The maximum Gasteiger partial charge on any atom is 0.274 e. The van der Waals surface area contributed by atoms with Gasteiger partial charge < -0.3 is 10.2 Å². The van der Waals surface area contributed by atoms with E-state index < -0.39 is 17.4 Å². The number of hydrogen-bond donors (Lipinski definition) is 1. The van der Waals surface area contributed by atoms with Gasteiger partial charge in [-0.1, -0.05) is 34.8 Å². The van der Waals surface area contributed by atoms with Crippen molar-refractivity contribution in [3.63, 3.8) is 0 Å². The summed E-state index contributed by atoms with van der Waals surface area (Å²) in [6.45, 7) is 3.17. The van der Waals surface area contributed by atoms with Crippen LogP contribution in [0.2, 0.25) is 15.1 Å². The number of aromatic nitrogens is 3. The minimum absolute atomic E-state index is 0.0210. The molecule has 0 bridgehead atoms. The molecule has 12 heteroatoms. The van der Waals surface area contributed by atoms with Gasteiger partial charge in [-0.25, -0.2) is 9.67 Å². The van der Waals surface area contributed by atoms with Crippen LogP contribution in [0.1, 0.15) is 34.7 Å². The lowest BCUT2D eigenvalue weighted by atomic mass is 10.0. The van der Waals surface area contributed by atoms with Gasteiger partial charge in [0.05, 0.1) is 27.4 Å². The van der Waals surface area contributed by atoms with E-state index in [0.29, 0.717) is 4.60 Å². The van der Waals surface area contributed by atoms with Gasteiger partial charge in [0.15, 0.2) is 5.82 Å². The van der Waals surface area contributed by atoms with Crippen molar-refractivity contribution in [2.75, 3.05) is 12.4 Å². The van der Waals surface area contributed by atoms with Crippen LogP contribution in [0.15, 0.2) is 41.1 Å². The van der Waals surface area contributed by atoms with Crippen molar-refractivity contribution in [2.24, 2.45) is 0 Å². The average Bonchev–Trinajstić information content (AvgIpc) is 3.16. The van der Waals surface area contributed by atoms with E-state index in [1.807, 2.05) is 0 Å². The van der Waals surface area contributed by atoms with Gasteiger partial charge >= 0.3 is 0 Å². The molecular formula is C21H16BrCl3N6O2. The third kappa shape index (κ3) is 5.14. The molecule has 0 aliphatic rings. The van der Waals surface area contributed by atoms with Crippen LogP contribution in [0.25, 0.3) is 5.82 Å². The van der Waals surface area contributed by atoms with Crippen molar-refractivity contribution in [3.05, 3.63) is 67.5 Å². The van der Waals surface area contributed by atoms with Crippen LogP contribution in [0, 0.1) is 11.3 Å². The second-order valence-corrected chi connectivity index (χ2v) is 9.44. The average molecular weight is 571 g/mol. The van der Waals surface area contributed by atoms with Crippen LogP contribution in [-0.4, -0.2) is 44.1 Å². The molecule has 2 heterocycles. The van der Waals surface area contributed by atoms with E-state index in [0.717, 1.165) is 0 Å². The topological polar surface area (TPSA) is 104 Å². The highest BCUT2D eigenvalue weighted by Crippen LogP contribution is 2.33. The van der Waals surface area contributed by atoms with E-state index in [2.05, 4.69) is 37.4 Å². The summed E-state index contributed by atoms with van der Waals surface area (Å²) >= 11 is 21.9. The highest BCUT2D eigenvalue weighted by molar-refractivity contribution is 9.10. The first-order valence-electron chi connectivity index (χ1n) is 9.32. The number of nitriles is 1. The Balaban J connectivity index is 2.06. The Bertz CT molecular complexity index is 1300. The van der Waals surface area contributed by atoms with E-state index >= 15 is 0 Å². The zero-order valence-corrected chi connectivity index (χ0v) is 21.4. The molecule has 3 aromatic rings. The zero-order chi connectivity index (χ0) is 24.5. The van der Waals surface area contributed by atoms with Crippen LogP contribution in [0.4, 0.5) is 5.69 Å². The summed E-state index contributed by atoms with van der Waals surface area (Å²) in [6.07, 6.45) is 1.51. The number of hydrogen-bond acceptors (Lipinski definition) is 5. The molecule has 0 fully saturated rings. The first kappa shape index (κ1) is 25.0. The Kier molecular flexibility index (Phi) is 7.34. The highest BCUT2D eigenvalue weighted by atomic mass is 79.9. The van der Waals surface area contributed by atoms with Crippen molar-refractivity contribution < 1.29 is 9.59 Å². The molecule has 0 unspecified atom stereocenters. The van der Waals surface area contributed by atoms with Crippen molar-refractivity contribution in [1.29, 1.82) is 5.26 Å². The molecular weight excluding hydrogens is 555 g/mol. The van der Waals surface area contributed by atoms with E-state index in [4.69, 9.17) is 34.8 Å². The Hall–Kier alpha value is -2.64. The molecule has 0 saturated carbocycles. The van der Waals surface area contributed by atoms with Crippen molar-refractivity contribution >= 4 is 68.2 Å². The summed E-state index contributed by atoms with van der Waals surface area (Å²) < 4.78 is 1.63. The largest absolute Gasteiger partial charge is 0.323 e. The van der Waals surface area contributed by atoms with Crippen LogP contribution in [-0.2, 0) is 0 Å². The molecule has 2 aromatic heterocycles. The summed E-state index contributed by atoms with van der Waals surface area (Å²) in [7, 11) is 1.47. The lowest BCUT2D eigenvalue weighted by Gasteiger charge is -2.30. The Morgan fingerprint density at radius 3 is 2.55 bits per heavy atom. The second-order valence-electron chi connectivity index (χ2n) is 7.37. The molecule has 1 aromatic carbocycles. The first-order valence-corrected chi connectivity index (χ1v) is 11.2. The Morgan fingerprint density at radius 2 is 1.91 bits per heavy atom. The number of amides is 2. The molecule has 0 saturated heterocycles. The molecule has 0 aliphatic heterocycles. The van der Waals surface area contributed by atoms with Crippen LogP contribution >= 0.6 is 50.7 Å². The molecule has 33 heavy (non-hydrogen) atoms. The molecule has 170 valence electrons. The maximum atomic E-state index is 13.2. The van der Waals surface area contributed by atoms with Gasteiger partial charge in [-0.3, -0.25) is 9.59 Å². The molecule has 0 aliphatic carbocycles. The number of anilines is 1. The number of halogens is 4. The van der Waals surface area contributed by atoms with E-state index in [1.165, 1.54) is 41.0 Å². The summed E-state index contributed by atoms with van der Waals surface area (Å²) in [5.74, 6) is -0.942. The van der Waals surface area contributed by atoms with Crippen molar-refractivity contribution in [2.45, 2.75) is 19.4 Å². The maximum absolute atomic E-state index is 13.2. The number of carbonyl (C=O) groups excluding carboxylic acids is 2. The first-order chi connectivity index (χ1) is 15.5. The number of carbonyl (C=O) groups is 2. The summed E-state index contributed by atoms with van der Waals surface area (Å²) in [5.41, 5.74) is -0.982. The van der Waals surface area contributed by atoms with Gasteiger partial charge in [0.25, 0.3) is 11.8 Å². The highest BCUT2D eigenvalue weighted by Gasteiger charge is 2.31. The third-order valence-electron chi connectivity index (χ3n) is 4.79. The number of benzene rings is 1. The zero-order valence-electron chi connectivity index (χ0n) is 17.5. The predicted molar refractivity (Wildman–Crippen MR) is 130 cm³/mol. The van der Waals surface area contributed by atoms with Crippen molar-refractivity contribution in [3.8, 4) is 11.9 Å². The lowest BCUT2D eigenvalue weighted by molar-refractivity contribution is 0.0699. The summed E-state index contributed by atoms with van der Waals surface area (Å²) in [6, 6.07) is 9.55. The molecule has 1 N–H and O–H groups in total. The Labute approximate surface area is 213 Å². The summed E-state index contributed by atoms with van der Waals surface area (Å²) in [5, 5.41) is 16.8. The van der Waals surface area contributed by atoms with Gasteiger partial charge in [-0.05, 0) is 54.0 Å². The summed E-state index contributed by atoms with van der Waals surface area (Å²) in [4.78, 5) is 31.8. The monoisotopic (exact) mass is 568 g/mol. The van der Waals surface area contributed by atoms with E-state index in [-0.39, 0.29) is 37.8 Å². The standard InChI is InChI=1S/C21H16BrCl3N6O2/c1-21(2,10-26)30(3)20(33)12-7-11(23)8-14(25)17(12)28-19(32)15-9-16(22)29-31(15)18-13(24)5-4-6-27-18/h4-9H,1-3H3,(H,28,32). The van der Waals surface area contributed by atoms with Gasteiger partial charge in [-0.15, -0.1) is 0 Å². The quantitative estimate of drug-likeness (QED) is 0.429. The van der Waals surface area contributed by atoms with Gasteiger partial charge in [-0.2, -0.15) is 10.4 Å². The van der Waals surface area contributed by atoms with E-state index in [9.17, 15) is 14.9 Å². The smallest absolute Gasteiger partial charge is 0.274 e. The minimum Gasteiger partial charge on any atom is -0.323 e. The van der Waals surface area contributed by atoms with Crippen LogP contribution < -0.4 is 5.32 Å². The number of rotatable bonds is 5. The molecule has 0 atom stereocenters. The third-order valence-corrected chi connectivity index (χ3v) is 5.99. The SMILES string of the molecule is CN(C(=O)c1cc(Cl)cc(Cl)c1NC(=O)c1cc(Br)nn1-c1ncccc1Cl)C(C)(C)C#N. The van der Waals surface area contributed by atoms with Gasteiger partial charge in [0.1, 0.15) is 15.8 Å². The number of nitrogens with one attached hydrogen (secondary N) is 1. The lowest BCUT2D eigenvalue weighted by Crippen LogP contribution is -2.44. The second kappa shape index (κ2) is 9.69. The van der Waals surface area contributed by atoms with Gasteiger partial charge in [0.2, 0.25) is 0 Å². The van der Waals surface area contributed by atoms with Crippen LogP contribution in [0.5, 0.6) is 0 Å². The number of pyridine rings is 1. The molecule has 3 rings (SSSR count). The fourth-order valence-corrected chi connectivity index (χ4v) is 3.88. The van der Waals surface area contributed by atoms with Gasteiger partial charge in [0, 0.05) is 24.3 Å². The number of nitrogens with zero attached hydrogens (tertiary/aromatic N) is 5. The molecule has 8 nitrogen and oxygen atoms in total. The molecule has 0 radical (unpaired) electrons. The normalized spacial score (nSPS) is 11.1. The van der Waals surface area contributed by atoms with Crippen LogP contribution in [0.3, 0.4) is 0 Å². The van der Waals surface area contributed by atoms with Crippen molar-refractivity contribution in [1.82, 2.24) is 19.7 Å². The molecule has 0 spiro atoms. The fraction of sp³-hybridized carbons (Fsp3) is 0.190. The fourth-order valence-electron chi connectivity index (χ4n) is 2.77. The minimum atomic E-state index is -1.12. The predicted octanol–water partition coefficient (Wildman–Crippen LogP) is 5.62. The Morgan fingerprint density at radius 1 is 1.21 bits per heavy atom. The van der Waals surface area contributed by atoms with E-state index in [1.54, 1.807) is 26.0 Å².